The summed E-state index contributed by atoms with van der Waals surface area (Å²) in [7, 11) is 1.54. The second-order valence-electron chi connectivity index (χ2n) is 7.37. The molecule has 0 saturated carbocycles. The summed E-state index contributed by atoms with van der Waals surface area (Å²) in [6, 6.07) is 16.3. The van der Waals surface area contributed by atoms with Crippen molar-refractivity contribution < 1.29 is 19.1 Å². The number of carbonyl (C=O) groups excluding carboxylic acids is 3. The van der Waals surface area contributed by atoms with Gasteiger partial charge in [0, 0.05) is 30.3 Å². The minimum atomic E-state index is -0.375. The number of methoxy groups -OCH3 is 1. The van der Waals surface area contributed by atoms with Crippen LogP contribution in [0.4, 0.5) is 10.8 Å². The van der Waals surface area contributed by atoms with Gasteiger partial charge in [0.25, 0.3) is 5.91 Å². The Hall–Kier alpha value is -3.56. The van der Waals surface area contributed by atoms with E-state index in [0.29, 0.717) is 28.7 Å². The molecule has 1 aromatic heterocycles. The Morgan fingerprint density at radius 1 is 1.00 bits per heavy atom. The molecule has 0 aliphatic rings. The van der Waals surface area contributed by atoms with E-state index in [2.05, 4.69) is 15.6 Å². The lowest BCUT2D eigenvalue weighted by atomic mass is 10.2. The van der Waals surface area contributed by atoms with Crippen molar-refractivity contribution >= 4 is 39.9 Å². The lowest BCUT2D eigenvalue weighted by Gasteiger charge is -2.21. The van der Waals surface area contributed by atoms with Crippen molar-refractivity contribution in [1.82, 2.24) is 9.88 Å². The molecule has 0 spiro atoms. The van der Waals surface area contributed by atoms with E-state index >= 15 is 0 Å². The largest absolute Gasteiger partial charge is 0.383 e. The normalized spacial score (nSPS) is 10.5. The third-order valence-electron chi connectivity index (χ3n) is 4.68. The first-order chi connectivity index (χ1) is 15.9. The highest BCUT2D eigenvalue weighted by Gasteiger charge is 2.19. The SMILES string of the molecule is COCCN(CC(=O)Nc1nc(CC(=O)Nc2ccc(C)cc2)cs1)C(=O)c1ccccc1. The van der Waals surface area contributed by atoms with Gasteiger partial charge in [-0.05, 0) is 31.2 Å². The number of benzene rings is 2. The summed E-state index contributed by atoms with van der Waals surface area (Å²) in [6.45, 7) is 2.42. The van der Waals surface area contributed by atoms with Crippen molar-refractivity contribution in [2.75, 3.05) is 37.4 Å². The topological polar surface area (TPSA) is 101 Å². The minimum Gasteiger partial charge on any atom is -0.383 e. The standard InChI is InChI=1S/C24H26N4O4S/c1-17-8-10-19(11-9-17)25-21(29)14-20-16-33-24(26-20)27-22(30)15-28(12-13-32-2)23(31)18-6-4-3-5-7-18/h3-11,16H,12-15H2,1-2H3,(H,25,29)(H,26,27,30). The Kier molecular flexibility index (Phi) is 8.68. The predicted molar refractivity (Wildman–Crippen MR) is 128 cm³/mol. The first kappa shape index (κ1) is 24.1. The van der Waals surface area contributed by atoms with Crippen LogP contribution in [0.25, 0.3) is 0 Å². The van der Waals surface area contributed by atoms with E-state index in [1.807, 2.05) is 37.3 Å². The van der Waals surface area contributed by atoms with Gasteiger partial charge in [-0.15, -0.1) is 11.3 Å². The Morgan fingerprint density at radius 3 is 2.42 bits per heavy atom. The number of anilines is 2. The molecule has 0 saturated heterocycles. The number of hydrogen-bond donors (Lipinski definition) is 2. The maximum Gasteiger partial charge on any atom is 0.254 e. The van der Waals surface area contributed by atoms with Gasteiger partial charge in [-0.2, -0.15) is 0 Å². The molecule has 172 valence electrons. The Labute approximate surface area is 196 Å². The van der Waals surface area contributed by atoms with Gasteiger partial charge in [-0.3, -0.25) is 14.4 Å². The highest BCUT2D eigenvalue weighted by molar-refractivity contribution is 7.13. The smallest absolute Gasteiger partial charge is 0.254 e. The molecule has 1 heterocycles. The van der Waals surface area contributed by atoms with Gasteiger partial charge in [0.15, 0.2) is 5.13 Å². The quantitative estimate of drug-likeness (QED) is 0.477. The fourth-order valence-electron chi connectivity index (χ4n) is 3.00. The zero-order valence-electron chi connectivity index (χ0n) is 18.5. The van der Waals surface area contributed by atoms with E-state index < -0.39 is 0 Å². The van der Waals surface area contributed by atoms with Crippen LogP contribution in [-0.4, -0.2) is 54.4 Å². The first-order valence-corrected chi connectivity index (χ1v) is 11.3. The van der Waals surface area contributed by atoms with E-state index in [9.17, 15) is 14.4 Å². The number of amides is 3. The number of aromatic nitrogens is 1. The van der Waals surface area contributed by atoms with E-state index in [0.717, 1.165) is 5.56 Å². The molecular formula is C24H26N4O4S. The maximum absolute atomic E-state index is 12.8. The number of nitrogens with zero attached hydrogens (tertiary/aromatic N) is 2. The molecule has 0 unspecified atom stereocenters. The highest BCUT2D eigenvalue weighted by atomic mass is 32.1. The second kappa shape index (κ2) is 11.9. The summed E-state index contributed by atoms with van der Waals surface area (Å²) in [5.74, 6) is -0.822. The lowest BCUT2D eigenvalue weighted by molar-refractivity contribution is -0.117. The van der Waals surface area contributed by atoms with Crippen LogP contribution >= 0.6 is 11.3 Å². The number of carbonyl (C=O) groups is 3. The van der Waals surface area contributed by atoms with E-state index in [1.54, 1.807) is 29.6 Å². The maximum atomic E-state index is 12.8. The van der Waals surface area contributed by atoms with Crippen LogP contribution in [0.2, 0.25) is 0 Å². The summed E-state index contributed by atoms with van der Waals surface area (Å²) in [5, 5.41) is 7.63. The molecule has 2 aromatic carbocycles. The zero-order valence-corrected chi connectivity index (χ0v) is 19.4. The molecule has 3 rings (SSSR count). The van der Waals surface area contributed by atoms with Gasteiger partial charge in [-0.1, -0.05) is 35.9 Å². The predicted octanol–water partition coefficient (Wildman–Crippen LogP) is 3.36. The molecule has 9 heteroatoms. The van der Waals surface area contributed by atoms with Gasteiger partial charge in [0.05, 0.1) is 18.7 Å². The molecule has 0 radical (unpaired) electrons. The molecule has 0 atom stereocenters. The van der Waals surface area contributed by atoms with Crippen molar-refractivity contribution in [2.45, 2.75) is 13.3 Å². The third-order valence-corrected chi connectivity index (χ3v) is 5.49. The molecule has 8 nitrogen and oxygen atoms in total. The third kappa shape index (κ3) is 7.51. The fourth-order valence-corrected chi connectivity index (χ4v) is 3.73. The number of ether oxygens (including phenoxy) is 1. The Balaban J connectivity index is 1.55. The van der Waals surface area contributed by atoms with E-state index in [1.165, 1.54) is 23.3 Å². The molecule has 0 aliphatic heterocycles. The minimum absolute atomic E-state index is 0.0900. The van der Waals surface area contributed by atoms with Crippen molar-refractivity contribution in [1.29, 1.82) is 0 Å². The molecule has 0 aliphatic carbocycles. The van der Waals surface area contributed by atoms with Crippen LogP contribution in [0.3, 0.4) is 0 Å². The molecule has 3 amide bonds. The molecule has 33 heavy (non-hydrogen) atoms. The summed E-state index contributed by atoms with van der Waals surface area (Å²) < 4.78 is 5.07. The fraction of sp³-hybridized carbons (Fsp3) is 0.250. The van der Waals surface area contributed by atoms with Crippen molar-refractivity contribution in [3.8, 4) is 0 Å². The van der Waals surface area contributed by atoms with Gasteiger partial charge in [0.1, 0.15) is 6.54 Å². The van der Waals surface area contributed by atoms with Gasteiger partial charge in [0.2, 0.25) is 11.8 Å². The van der Waals surface area contributed by atoms with Crippen molar-refractivity contribution in [3.63, 3.8) is 0 Å². The van der Waals surface area contributed by atoms with Crippen LogP contribution < -0.4 is 10.6 Å². The number of aryl methyl sites for hydroxylation is 1. The van der Waals surface area contributed by atoms with Crippen LogP contribution in [0, 0.1) is 6.92 Å². The first-order valence-electron chi connectivity index (χ1n) is 10.4. The Bertz CT molecular complexity index is 1080. The summed E-state index contributed by atoms with van der Waals surface area (Å²) >= 11 is 1.23. The molecule has 0 fully saturated rings. The summed E-state index contributed by atoms with van der Waals surface area (Å²) in [6.07, 6.45) is 0.0900. The zero-order chi connectivity index (χ0) is 23.6. The van der Waals surface area contributed by atoms with Gasteiger partial charge < -0.3 is 20.3 Å². The number of hydrogen-bond acceptors (Lipinski definition) is 6. The molecular weight excluding hydrogens is 440 g/mol. The average Bonchev–Trinajstić information content (AvgIpc) is 3.24. The van der Waals surface area contributed by atoms with Crippen molar-refractivity contribution in [2.24, 2.45) is 0 Å². The Morgan fingerprint density at radius 2 is 1.73 bits per heavy atom. The van der Waals surface area contributed by atoms with Crippen LogP contribution in [0.1, 0.15) is 21.6 Å². The van der Waals surface area contributed by atoms with Crippen LogP contribution in [0.5, 0.6) is 0 Å². The average molecular weight is 467 g/mol. The summed E-state index contributed by atoms with van der Waals surface area (Å²) in [4.78, 5) is 43.3. The van der Waals surface area contributed by atoms with Crippen LogP contribution in [0.15, 0.2) is 60.0 Å². The van der Waals surface area contributed by atoms with E-state index in [-0.39, 0.29) is 37.2 Å². The second-order valence-corrected chi connectivity index (χ2v) is 8.23. The van der Waals surface area contributed by atoms with Gasteiger partial charge >= 0.3 is 0 Å². The highest BCUT2D eigenvalue weighted by Crippen LogP contribution is 2.17. The molecule has 0 bridgehead atoms. The van der Waals surface area contributed by atoms with E-state index in [4.69, 9.17) is 4.74 Å². The lowest BCUT2D eigenvalue weighted by Crippen LogP contribution is -2.40. The van der Waals surface area contributed by atoms with Crippen LogP contribution in [-0.2, 0) is 20.7 Å². The molecule has 2 N–H and O–H groups in total. The summed E-state index contributed by atoms with van der Waals surface area (Å²) in [5.41, 5.74) is 2.88. The number of nitrogens with one attached hydrogen (secondary N) is 2. The molecule has 3 aromatic rings. The van der Waals surface area contributed by atoms with Gasteiger partial charge in [-0.25, -0.2) is 4.98 Å². The number of thiazole rings is 1. The van der Waals surface area contributed by atoms with Crippen molar-refractivity contribution in [3.05, 3.63) is 76.8 Å². The monoisotopic (exact) mass is 466 g/mol. The number of rotatable bonds is 10.